The maximum absolute atomic E-state index is 10.6. The molecular formula is C17H13BrO6. The normalized spacial score (nSPS) is 11.8. The molecule has 0 atom stereocenters. The Labute approximate surface area is 145 Å². The Hall–Kier alpha value is -2.93. The van der Waals surface area contributed by atoms with E-state index in [2.05, 4.69) is 15.9 Å². The number of hydrogen-bond donors (Lipinski definition) is 5. The second-order valence-corrected chi connectivity index (χ2v) is 5.69. The Bertz CT molecular complexity index is 854. The Morgan fingerprint density at radius 3 is 2.29 bits per heavy atom. The summed E-state index contributed by atoms with van der Waals surface area (Å²) in [5, 5.41) is 47.6. The number of benzene rings is 2. The zero-order chi connectivity index (χ0) is 17.9. The molecular weight excluding hydrogens is 380 g/mol. The lowest BCUT2D eigenvalue weighted by atomic mass is 10.0. The van der Waals surface area contributed by atoms with Crippen molar-refractivity contribution >= 4 is 39.8 Å². The van der Waals surface area contributed by atoms with E-state index in [0.29, 0.717) is 15.6 Å². The lowest BCUT2D eigenvalue weighted by Crippen LogP contribution is -1.89. The van der Waals surface area contributed by atoms with Crippen molar-refractivity contribution in [2.45, 2.75) is 0 Å². The van der Waals surface area contributed by atoms with Gasteiger partial charge in [-0.1, -0.05) is 6.07 Å². The molecule has 6 nitrogen and oxygen atoms in total. The summed E-state index contributed by atoms with van der Waals surface area (Å²) in [5.41, 5.74) is 1.03. The van der Waals surface area contributed by atoms with E-state index in [1.807, 2.05) is 0 Å². The Balaban J connectivity index is 2.52. The zero-order valence-corrected chi connectivity index (χ0v) is 13.7. The second kappa shape index (κ2) is 7.10. The molecule has 0 saturated heterocycles. The molecule has 0 spiro atoms. The monoisotopic (exact) mass is 392 g/mol. The Morgan fingerprint density at radius 2 is 1.62 bits per heavy atom. The molecule has 0 fully saturated rings. The van der Waals surface area contributed by atoms with Gasteiger partial charge in [0.1, 0.15) is 11.5 Å². The highest BCUT2D eigenvalue weighted by atomic mass is 79.9. The maximum atomic E-state index is 10.6. The summed E-state index contributed by atoms with van der Waals surface area (Å²) in [6.45, 7) is 0. The topological polar surface area (TPSA) is 118 Å². The average molecular weight is 393 g/mol. The first-order chi connectivity index (χ1) is 11.3. The quantitative estimate of drug-likeness (QED) is 0.234. The number of aliphatic carboxylic acids is 1. The molecule has 0 unspecified atom stereocenters. The standard InChI is InChI=1S/C17H13BrO6/c18-13-8-16(22)15(21)7-12(13)14(20)6-10-5-11(19)3-1-9(10)2-4-17(23)24/h1-8,19-22H,(H,23,24). The van der Waals surface area contributed by atoms with Crippen LogP contribution in [0.1, 0.15) is 16.7 Å². The van der Waals surface area contributed by atoms with Gasteiger partial charge in [-0.25, -0.2) is 4.79 Å². The van der Waals surface area contributed by atoms with Gasteiger partial charge in [0.15, 0.2) is 11.5 Å². The van der Waals surface area contributed by atoms with Crippen LogP contribution >= 0.6 is 15.9 Å². The van der Waals surface area contributed by atoms with Gasteiger partial charge in [0.25, 0.3) is 0 Å². The van der Waals surface area contributed by atoms with Gasteiger partial charge < -0.3 is 25.5 Å². The molecule has 2 rings (SSSR count). The van der Waals surface area contributed by atoms with Crippen molar-refractivity contribution in [3.63, 3.8) is 0 Å². The predicted octanol–water partition coefficient (Wildman–Crippen LogP) is 3.72. The largest absolute Gasteiger partial charge is 0.508 e. The van der Waals surface area contributed by atoms with E-state index in [4.69, 9.17) is 5.11 Å². The molecule has 124 valence electrons. The highest BCUT2D eigenvalue weighted by molar-refractivity contribution is 9.10. The molecule has 2 aromatic carbocycles. The predicted molar refractivity (Wildman–Crippen MR) is 92.7 cm³/mol. The van der Waals surface area contributed by atoms with Crippen molar-refractivity contribution in [2.24, 2.45) is 0 Å². The summed E-state index contributed by atoms with van der Waals surface area (Å²) in [7, 11) is 0. The van der Waals surface area contributed by atoms with Gasteiger partial charge in [0.05, 0.1) is 0 Å². The summed E-state index contributed by atoms with van der Waals surface area (Å²) in [4.78, 5) is 10.6. The third-order valence-corrected chi connectivity index (χ3v) is 3.76. The van der Waals surface area contributed by atoms with Crippen LogP contribution in [0.15, 0.2) is 40.9 Å². The van der Waals surface area contributed by atoms with Gasteiger partial charge in [-0.15, -0.1) is 0 Å². The molecule has 0 radical (unpaired) electrons. The van der Waals surface area contributed by atoms with E-state index >= 15 is 0 Å². The molecule has 2 aromatic rings. The van der Waals surface area contributed by atoms with Crippen molar-refractivity contribution in [3.8, 4) is 17.2 Å². The van der Waals surface area contributed by atoms with Gasteiger partial charge in [0, 0.05) is 16.1 Å². The molecule has 0 aliphatic rings. The van der Waals surface area contributed by atoms with Crippen LogP contribution in [0.5, 0.6) is 17.2 Å². The third-order valence-electron chi connectivity index (χ3n) is 3.11. The fourth-order valence-corrected chi connectivity index (χ4v) is 2.51. The Morgan fingerprint density at radius 1 is 0.958 bits per heavy atom. The summed E-state index contributed by atoms with van der Waals surface area (Å²) in [6, 6.07) is 6.63. The molecule has 0 heterocycles. The molecule has 0 bridgehead atoms. The summed E-state index contributed by atoms with van der Waals surface area (Å²) >= 11 is 3.17. The van der Waals surface area contributed by atoms with E-state index < -0.39 is 11.7 Å². The van der Waals surface area contributed by atoms with E-state index in [-0.39, 0.29) is 22.8 Å². The fourth-order valence-electron chi connectivity index (χ4n) is 1.97. The molecule has 5 N–H and O–H groups in total. The first kappa shape index (κ1) is 17.4. The number of hydrogen-bond acceptors (Lipinski definition) is 5. The van der Waals surface area contributed by atoms with Crippen molar-refractivity contribution in [3.05, 3.63) is 57.6 Å². The van der Waals surface area contributed by atoms with E-state index in [1.54, 1.807) is 0 Å². The van der Waals surface area contributed by atoms with Crippen LogP contribution in [-0.4, -0.2) is 31.5 Å². The summed E-state index contributed by atoms with van der Waals surface area (Å²) in [5.74, 6) is -2.20. The van der Waals surface area contributed by atoms with Crippen LogP contribution in [0, 0.1) is 0 Å². The van der Waals surface area contributed by atoms with Crippen molar-refractivity contribution in [1.82, 2.24) is 0 Å². The van der Waals surface area contributed by atoms with Crippen LogP contribution < -0.4 is 0 Å². The molecule has 0 aliphatic carbocycles. The third kappa shape index (κ3) is 4.08. The number of aromatic hydroxyl groups is 3. The molecule has 0 saturated carbocycles. The lowest BCUT2D eigenvalue weighted by molar-refractivity contribution is -0.131. The molecule has 0 aromatic heterocycles. The fraction of sp³-hybridized carbons (Fsp3) is 0. The number of aliphatic hydroxyl groups excluding tert-OH is 1. The van der Waals surface area contributed by atoms with Crippen LogP contribution in [0.2, 0.25) is 0 Å². The van der Waals surface area contributed by atoms with Crippen molar-refractivity contribution in [2.75, 3.05) is 0 Å². The highest BCUT2D eigenvalue weighted by Crippen LogP contribution is 2.35. The number of carbonyl (C=O) groups is 1. The van der Waals surface area contributed by atoms with Crippen molar-refractivity contribution < 1.29 is 30.3 Å². The SMILES string of the molecule is O=C(O)C=Cc1ccc(O)cc1C=C(O)c1cc(O)c(O)cc1Br. The smallest absolute Gasteiger partial charge is 0.328 e. The van der Waals surface area contributed by atoms with Crippen LogP contribution in [-0.2, 0) is 4.79 Å². The minimum absolute atomic E-state index is 0.0610. The number of halogens is 1. The van der Waals surface area contributed by atoms with Gasteiger partial charge in [-0.3, -0.25) is 0 Å². The number of carboxylic acid groups (broad SMARTS) is 1. The minimum atomic E-state index is -1.13. The van der Waals surface area contributed by atoms with E-state index in [1.165, 1.54) is 42.5 Å². The minimum Gasteiger partial charge on any atom is -0.508 e. The summed E-state index contributed by atoms with van der Waals surface area (Å²) < 4.78 is 0.342. The van der Waals surface area contributed by atoms with Crippen molar-refractivity contribution in [1.29, 1.82) is 0 Å². The second-order valence-electron chi connectivity index (χ2n) is 4.84. The number of rotatable bonds is 4. The number of aliphatic hydroxyl groups is 1. The van der Waals surface area contributed by atoms with Gasteiger partial charge >= 0.3 is 5.97 Å². The molecule has 24 heavy (non-hydrogen) atoms. The van der Waals surface area contributed by atoms with Crippen LogP contribution in [0.4, 0.5) is 0 Å². The first-order valence-corrected chi connectivity index (χ1v) is 7.43. The average Bonchev–Trinajstić information content (AvgIpc) is 2.49. The van der Waals surface area contributed by atoms with Crippen LogP contribution in [0.3, 0.4) is 0 Å². The first-order valence-electron chi connectivity index (χ1n) is 6.64. The zero-order valence-electron chi connectivity index (χ0n) is 12.1. The molecule has 7 heteroatoms. The van der Waals surface area contributed by atoms with E-state index in [0.717, 1.165) is 6.08 Å². The summed E-state index contributed by atoms with van der Waals surface area (Å²) in [6.07, 6.45) is 3.56. The van der Waals surface area contributed by atoms with Crippen LogP contribution in [0.25, 0.3) is 17.9 Å². The molecule has 0 amide bonds. The van der Waals surface area contributed by atoms with Gasteiger partial charge in [-0.05, 0) is 63.5 Å². The van der Waals surface area contributed by atoms with Gasteiger partial charge in [-0.2, -0.15) is 0 Å². The van der Waals surface area contributed by atoms with E-state index in [9.17, 15) is 25.2 Å². The number of phenols is 3. The lowest BCUT2D eigenvalue weighted by Gasteiger charge is -2.08. The number of carboxylic acids is 1. The highest BCUT2D eigenvalue weighted by Gasteiger charge is 2.11. The Kier molecular flexibility index (Phi) is 5.15. The number of phenolic OH excluding ortho intramolecular Hbond substituents is 3. The molecule has 0 aliphatic heterocycles. The maximum Gasteiger partial charge on any atom is 0.328 e. The van der Waals surface area contributed by atoms with Gasteiger partial charge in [0.2, 0.25) is 0 Å².